The molecule has 0 radical (unpaired) electrons. The number of benzene rings is 2. The van der Waals surface area contributed by atoms with Crippen molar-refractivity contribution in [3.05, 3.63) is 59.2 Å². The number of halogens is 6. The van der Waals surface area contributed by atoms with E-state index in [2.05, 4.69) is 10.6 Å². The van der Waals surface area contributed by atoms with Gasteiger partial charge in [-0.1, -0.05) is 6.07 Å². The van der Waals surface area contributed by atoms with Crippen molar-refractivity contribution in [2.24, 2.45) is 0 Å². The Hall–Kier alpha value is -2.69. The molecular formula is C18H14F6N2O2S. The number of alkyl halides is 4. The molecule has 0 heterocycles. The summed E-state index contributed by atoms with van der Waals surface area (Å²) in [6.07, 6.45) is -3.84. The molecule has 0 aromatic heterocycles. The molecule has 11 heteroatoms. The zero-order valence-corrected chi connectivity index (χ0v) is 15.6. The predicted molar refractivity (Wildman–Crippen MR) is 95.7 cm³/mol. The first-order valence-electron chi connectivity index (χ1n) is 7.99. The highest BCUT2D eigenvalue weighted by molar-refractivity contribution is 8.00. The van der Waals surface area contributed by atoms with Gasteiger partial charge in [0.2, 0.25) is 0 Å². The van der Waals surface area contributed by atoms with Gasteiger partial charge < -0.3 is 10.6 Å². The van der Waals surface area contributed by atoms with E-state index in [9.17, 15) is 35.9 Å². The molecule has 2 rings (SSSR count). The fourth-order valence-corrected chi connectivity index (χ4v) is 3.00. The fraction of sp³-hybridized carbons (Fsp3) is 0.222. The van der Waals surface area contributed by atoms with Crippen molar-refractivity contribution in [1.82, 2.24) is 5.32 Å². The Bertz CT molecular complexity index is 903. The van der Waals surface area contributed by atoms with Gasteiger partial charge in [0.25, 0.3) is 0 Å². The zero-order valence-electron chi connectivity index (χ0n) is 14.7. The summed E-state index contributed by atoms with van der Waals surface area (Å²) in [5.74, 6) is -3.13. The molecule has 2 aromatic rings. The third kappa shape index (κ3) is 5.89. The van der Waals surface area contributed by atoms with Gasteiger partial charge in [0, 0.05) is 10.6 Å². The number of nitrogens with one attached hydrogen (secondary N) is 2. The first-order chi connectivity index (χ1) is 13.5. The molecule has 0 saturated heterocycles. The molecular weight excluding hydrogens is 422 g/mol. The summed E-state index contributed by atoms with van der Waals surface area (Å²) < 4.78 is 77.8. The van der Waals surface area contributed by atoms with Gasteiger partial charge in [-0.25, -0.2) is 22.4 Å². The third-order valence-corrected chi connectivity index (χ3v) is 4.55. The van der Waals surface area contributed by atoms with Crippen LogP contribution in [0.4, 0.5) is 36.8 Å². The van der Waals surface area contributed by atoms with Gasteiger partial charge in [0.15, 0.2) is 5.78 Å². The highest BCUT2D eigenvalue weighted by Gasteiger charge is 2.42. The van der Waals surface area contributed by atoms with Crippen molar-refractivity contribution in [1.29, 1.82) is 0 Å². The van der Waals surface area contributed by atoms with Crippen LogP contribution in [0, 0.1) is 18.6 Å². The van der Waals surface area contributed by atoms with Gasteiger partial charge in [-0.2, -0.15) is 8.78 Å². The molecule has 0 aliphatic rings. The number of carbonyl (C=O) groups excluding carboxylic acids is 2. The number of hydrogen-bond acceptors (Lipinski definition) is 3. The smallest absolute Gasteiger partial charge is 0.330 e. The maximum absolute atomic E-state index is 13.5. The van der Waals surface area contributed by atoms with Crippen molar-refractivity contribution < 1.29 is 35.9 Å². The predicted octanol–water partition coefficient (Wildman–Crippen LogP) is 5.23. The van der Waals surface area contributed by atoms with Gasteiger partial charge in [-0.05, 0) is 54.6 Å². The van der Waals surface area contributed by atoms with E-state index in [-0.39, 0.29) is 22.3 Å². The third-order valence-electron chi connectivity index (χ3n) is 3.61. The second-order valence-electron chi connectivity index (χ2n) is 5.77. The number of urea groups is 1. The van der Waals surface area contributed by atoms with Gasteiger partial charge in [0.1, 0.15) is 11.6 Å². The van der Waals surface area contributed by atoms with Crippen molar-refractivity contribution in [3.8, 4) is 0 Å². The molecule has 0 saturated carbocycles. The number of hydrogen-bond donors (Lipinski definition) is 2. The standard InChI is InChI=1S/C18H14F6N2O2S/c1-9-7-10(29-18(23,24)16(21)22)5-6-13(9)26-17(28)25-8-14(27)15-11(19)3-2-4-12(15)20/h2-7,16H,8H2,1H3,(H2,25,26,28). The molecule has 0 aliphatic heterocycles. The van der Waals surface area contributed by atoms with Crippen LogP contribution in [0.15, 0.2) is 41.3 Å². The van der Waals surface area contributed by atoms with E-state index in [0.29, 0.717) is 5.56 Å². The van der Waals surface area contributed by atoms with Crippen molar-refractivity contribution in [3.63, 3.8) is 0 Å². The quantitative estimate of drug-likeness (QED) is 0.355. The minimum atomic E-state index is -4.26. The first-order valence-corrected chi connectivity index (χ1v) is 8.80. The molecule has 2 aromatic carbocycles. The molecule has 2 N–H and O–H groups in total. The van der Waals surface area contributed by atoms with E-state index in [1.807, 2.05) is 0 Å². The van der Waals surface area contributed by atoms with Gasteiger partial charge in [0.05, 0.1) is 12.1 Å². The number of ketones is 1. The van der Waals surface area contributed by atoms with Crippen LogP contribution in [0.3, 0.4) is 0 Å². The lowest BCUT2D eigenvalue weighted by molar-refractivity contribution is -0.0563. The second-order valence-corrected chi connectivity index (χ2v) is 6.99. The number of Topliss-reactive ketones (excluding diaryl/α,β-unsaturated/α-hetero) is 1. The van der Waals surface area contributed by atoms with Crippen LogP contribution < -0.4 is 10.6 Å². The minimum absolute atomic E-state index is 0.135. The largest absolute Gasteiger partial charge is 0.357 e. The topological polar surface area (TPSA) is 58.2 Å². The van der Waals surface area contributed by atoms with Gasteiger partial charge >= 0.3 is 17.7 Å². The van der Waals surface area contributed by atoms with Crippen LogP contribution in [0.2, 0.25) is 0 Å². The maximum atomic E-state index is 13.5. The molecule has 0 unspecified atom stereocenters. The SMILES string of the molecule is Cc1cc(SC(F)(F)C(F)F)ccc1NC(=O)NCC(=O)c1c(F)cccc1F. The summed E-state index contributed by atoms with van der Waals surface area (Å²) in [7, 11) is 0. The molecule has 0 fully saturated rings. The molecule has 0 atom stereocenters. The Morgan fingerprint density at radius 1 is 1.10 bits per heavy atom. The molecule has 29 heavy (non-hydrogen) atoms. The molecule has 2 amide bonds. The molecule has 156 valence electrons. The minimum Gasteiger partial charge on any atom is -0.330 e. The Balaban J connectivity index is 1.98. The summed E-state index contributed by atoms with van der Waals surface area (Å²) in [5.41, 5.74) is -0.330. The zero-order chi connectivity index (χ0) is 21.8. The molecule has 0 spiro atoms. The van der Waals surface area contributed by atoms with Crippen LogP contribution in [0.5, 0.6) is 0 Å². The van der Waals surface area contributed by atoms with Crippen LogP contribution >= 0.6 is 11.8 Å². The monoisotopic (exact) mass is 436 g/mol. The Kier molecular flexibility index (Phi) is 7.17. The number of aryl methyl sites for hydroxylation is 1. The fourth-order valence-electron chi connectivity index (χ4n) is 2.22. The van der Waals surface area contributed by atoms with Crippen molar-refractivity contribution >= 4 is 29.3 Å². The number of rotatable bonds is 7. The number of amides is 2. The summed E-state index contributed by atoms with van der Waals surface area (Å²) in [6.45, 7) is 0.747. The average Bonchev–Trinajstić information content (AvgIpc) is 2.61. The molecule has 0 aliphatic carbocycles. The number of thioether (sulfide) groups is 1. The highest BCUT2D eigenvalue weighted by Crippen LogP contribution is 2.41. The van der Waals surface area contributed by atoms with Crippen LogP contribution in [-0.4, -0.2) is 30.0 Å². The lowest BCUT2D eigenvalue weighted by Crippen LogP contribution is -2.34. The Morgan fingerprint density at radius 2 is 1.72 bits per heavy atom. The molecule has 0 bridgehead atoms. The summed E-state index contributed by atoms with van der Waals surface area (Å²) in [5, 5.41) is 0.183. The Morgan fingerprint density at radius 3 is 2.28 bits per heavy atom. The summed E-state index contributed by atoms with van der Waals surface area (Å²) in [4.78, 5) is 23.6. The average molecular weight is 436 g/mol. The second kappa shape index (κ2) is 9.21. The first kappa shape index (κ1) is 22.6. The number of anilines is 1. The maximum Gasteiger partial charge on any atom is 0.357 e. The van der Waals surface area contributed by atoms with Crippen molar-refractivity contribution in [2.45, 2.75) is 23.5 Å². The highest BCUT2D eigenvalue weighted by atomic mass is 32.2. The summed E-state index contributed by atoms with van der Waals surface area (Å²) in [6, 6.07) is 5.50. The van der Waals surface area contributed by atoms with E-state index in [1.54, 1.807) is 0 Å². The normalized spacial score (nSPS) is 11.4. The van der Waals surface area contributed by atoms with E-state index in [4.69, 9.17) is 0 Å². The Labute approximate surface area is 165 Å². The van der Waals surface area contributed by atoms with Crippen LogP contribution in [0.25, 0.3) is 0 Å². The summed E-state index contributed by atoms with van der Waals surface area (Å²) >= 11 is -0.317. The van der Waals surface area contributed by atoms with E-state index >= 15 is 0 Å². The number of carbonyl (C=O) groups is 2. The lowest BCUT2D eigenvalue weighted by Gasteiger charge is -2.16. The van der Waals surface area contributed by atoms with Crippen LogP contribution in [-0.2, 0) is 0 Å². The van der Waals surface area contributed by atoms with E-state index in [0.717, 1.165) is 24.3 Å². The van der Waals surface area contributed by atoms with Gasteiger partial charge in [-0.15, -0.1) is 0 Å². The van der Waals surface area contributed by atoms with Crippen molar-refractivity contribution in [2.75, 3.05) is 11.9 Å². The van der Waals surface area contributed by atoms with E-state index in [1.165, 1.54) is 19.1 Å². The van der Waals surface area contributed by atoms with E-state index < -0.39 is 47.2 Å². The van der Waals surface area contributed by atoms with Crippen LogP contribution in [0.1, 0.15) is 15.9 Å². The lowest BCUT2D eigenvalue weighted by atomic mass is 10.1. The van der Waals surface area contributed by atoms with Gasteiger partial charge in [-0.3, -0.25) is 4.79 Å². The molecule has 4 nitrogen and oxygen atoms in total.